The van der Waals surface area contributed by atoms with Crippen LogP contribution in [0.15, 0.2) is 60.9 Å². The Kier molecular flexibility index (Phi) is 6.93. The number of aryl methyl sites for hydroxylation is 1. The third kappa shape index (κ3) is 5.00. The Morgan fingerprint density at radius 2 is 1.87 bits per heavy atom. The summed E-state index contributed by atoms with van der Waals surface area (Å²) in [5.41, 5.74) is 10.9. The van der Waals surface area contributed by atoms with E-state index in [0.29, 0.717) is 17.0 Å². The van der Waals surface area contributed by atoms with Crippen LogP contribution in [0.25, 0.3) is 39.1 Å². The van der Waals surface area contributed by atoms with Crippen molar-refractivity contribution in [3.63, 3.8) is 0 Å². The molecule has 0 fully saturated rings. The number of imidazole rings is 1. The van der Waals surface area contributed by atoms with Crippen molar-refractivity contribution in [2.24, 2.45) is 0 Å². The number of halogens is 3. The fourth-order valence-electron chi connectivity index (χ4n) is 4.23. The number of aromatic nitrogens is 4. The smallest absolute Gasteiger partial charge is 0.345 e. The standard InChI is InChI=1S/C27H23F3N6O2/c1-15-9-11-32-20-8-5-17(13-19(15)20)23-22(16-3-6-18(28)7-4-16)35-24(31)25-34-21(14-36(23)25)26(37)33-10-2-12-38-27(29)30/h3-9,11,13-14,27H,2,10,12H2,1H3,(H2,31,35)(H,33,37). The molecule has 0 saturated heterocycles. The van der Waals surface area contributed by atoms with E-state index in [2.05, 4.69) is 25.0 Å². The zero-order valence-corrected chi connectivity index (χ0v) is 20.3. The molecule has 194 valence electrons. The Morgan fingerprint density at radius 1 is 1.11 bits per heavy atom. The number of amides is 1. The molecule has 11 heteroatoms. The molecular weight excluding hydrogens is 497 g/mol. The first-order chi connectivity index (χ1) is 18.3. The van der Waals surface area contributed by atoms with Gasteiger partial charge in [-0.2, -0.15) is 8.78 Å². The number of nitrogens with one attached hydrogen (secondary N) is 1. The molecule has 5 aromatic rings. The monoisotopic (exact) mass is 520 g/mol. The normalized spacial score (nSPS) is 11.5. The molecular formula is C27H23F3N6O2. The lowest BCUT2D eigenvalue weighted by atomic mass is 10.0. The van der Waals surface area contributed by atoms with Crippen LogP contribution in [-0.2, 0) is 4.74 Å². The number of hydrogen-bond acceptors (Lipinski definition) is 6. The van der Waals surface area contributed by atoms with Gasteiger partial charge in [0.2, 0.25) is 0 Å². The van der Waals surface area contributed by atoms with Crippen LogP contribution in [0.1, 0.15) is 22.5 Å². The fraction of sp³-hybridized carbons (Fsp3) is 0.185. The number of ether oxygens (including phenoxy) is 1. The van der Waals surface area contributed by atoms with Gasteiger partial charge in [-0.1, -0.05) is 6.07 Å². The number of nitrogens with two attached hydrogens (primary N) is 1. The van der Waals surface area contributed by atoms with Crippen LogP contribution in [-0.4, -0.2) is 45.0 Å². The van der Waals surface area contributed by atoms with E-state index in [-0.39, 0.29) is 36.7 Å². The van der Waals surface area contributed by atoms with Gasteiger partial charge < -0.3 is 15.8 Å². The third-order valence-electron chi connectivity index (χ3n) is 6.07. The molecule has 2 aromatic carbocycles. The highest BCUT2D eigenvalue weighted by Gasteiger charge is 2.21. The van der Waals surface area contributed by atoms with Gasteiger partial charge in [0.25, 0.3) is 5.91 Å². The zero-order valence-electron chi connectivity index (χ0n) is 20.3. The van der Waals surface area contributed by atoms with Crippen molar-refractivity contribution in [2.45, 2.75) is 20.0 Å². The molecule has 5 rings (SSSR count). The number of anilines is 1. The van der Waals surface area contributed by atoms with Gasteiger partial charge in [0.05, 0.1) is 23.5 Å². The molecule has 8 nitrogen and oxygen atoms in total. The van der Waals surface area contributed by atoms with Crippen LogP contribution in [0.4, 0.5) is 19.0 Å². The van der Waals surface area contributed by atoms with Crippen LogP contribution in [0.3, 0.4) is 0 Å². The minimum atomic E-state index is -2.86. The zero-order chi connectivity index (χ0) is 26.8. The molecule has 3 N–H and O–H groups in total. The summed E-state index contributed by atoms with van der Waals surface area (Å²) in [7, 11) is 0. The van der Waals surface area contributed by atoms with Crippen molar-refractivity contribution in [3.8, 4) is 22.5 Å². The van der Waals surface area contributed by atoms with Crippen LogP contribution >= 0.6 is 0 Å². The molecule has 0 saturated carbocycles. The van der Waals surface area contributed by atoms with Crippen molar-refractivity contribution in [2.75, 3.05) is 18.9 Å². The Bertz CT molecular complexity index is 1640. The average molecular weight is 521 g/mol. The maximum Gasteiger partial charge on any atom is 0.345 e. The van der Waals surface area contributed by atoms with Crippen molar-refractivity contribution < 1.29 is 22.7 Å². The number of hydrogen-bond donors (Lipinski definition) is 2. The highest BCUT2D eigenvalue weighted by atomic mass is 19.3. The van der Waals surface area contributed by atoms with Crippen molar-refractivity contribution >= 4 is 28.3 Å². The summed E-state index contributed by atoms with van der Waals surface area (Å²) < 4.78 is 43.9. The molecule has 0 unspecified atom stereocenters. The first-order valence-electron chi connectivity index (χ1n) is 11.8. The minimum Gasteiger partial charge on any atom is -0.381 e. The average Bonchev–Trinajstić information content (AvgIpc) is 3.35. The predicted molar refractivity (Wildman–Crippen MR) is 137 cm³/mol. The molecule has 0 aliphatic rings. The first-order valence-corrected chi connectivity index (χ1v) is 11.8. The van der Waals surface area contributed by atoms with Crippen molar-refractivity contribution in [1.29, 1.82) is 0 Å². The highest BCUT2D eigenvalue weighted by molar-refractivity contribution is 5.95. The van der Waals surface area contributed by atoms with Crippen LogP contribution in [0, 0.1) is 12.7 Å². The van der Waals surface area contributed by atoms with Crippen molar-refractivity contribution in [3.05, 3.63) is 78.0 Å². The quantitative estimate of drug-likeness (QED) is 0.279. The summed E-state index contributed by atoms with van der Waals surface area (Å²) >= 11 is 0. The molecule has 0 aliphatic heterocycles. The topological polar surface area (TPSA) is 107 Å². The van der Waals surface area contributed by atoms with E-state index in [9.17, 15) is 18.0 Å². The van der Waals surface area contributed by atoms with Gasteiger partial charge in [-0.15, -0.1) is 0 Å². The van der Waals surface area contributed by atoms with E-state index in [1.54, 1.807) is 28.9 Å². The minimum absolute atomic E-state index is 0.0735. The second-order valence-electron chi connectivity index (χ2n) is 8.62. The number of carbonyl (C=O) groups excluding carboxylic acids is 1. The maximum atomic E-state index is 13.7. The van der Waals surface area contributed by atoms with Gasteiger partial charge >= 0.3 is 6.61 Å². The number of fused-ring (bicyclic) bond motifs is 2. The molecule has 0 atom stereocenters. The molecule has 0 spiro atoms. The third-order valence-corrected chi connectivity index (χ3v) is 6.07. The van der Waals surface area contributed by atoms with E-state index < -0.39 is 18.3 Å². The largest absolute Gasteiger partial charge is 0.381 e. The predicted octanol–water partition coefficient (Wildman–Crippen LogP) is 5.00. The number of benzene rings is 2. The molecule has 3 heterocycles. The summed E-state index contributed by atoms with van der Waals surface area (Å²) in [4.78, 5) is 26.2. The summed E-state index contributed by atoms with van der Waals surface area (Å²) in [6.45, 7) is -0.945. The van der Waals surface area contributed by atoms with E-state index in [0.717, 1.165) is 22.0 Å². The van der Waals surface area contributed by atoms with E-state index in [1.807, 2.05) is 31.2 Å². The van der Waals surface area contributed by atoms with Crippen LogP contribution in [0.2, 0.25) is 0 Å². The Labute approximate surface area is 215 Å². The lowest BCUT2D eigenvalue weighted by molar-refractivity contribution is -0.128. The van der Waals surface area contributed by atoms with Crippen molar-refractivity contribution in [1.82, 2.24) is 24.7 Å². The molecule has 0 bridgehead atoms. The SMILES string of the molecule is Cc1ccnc2ccc(-c3c(-c4ccc(F)cc4)nc(N)c4nc(C(=O)NCCCOC(F)F)cn34)cc12. The first kappa shape index (κ1) is 25.2. The van der Waals surface area contributed by atoms with Gasteiger partial charge in [0, 0.05) is 35.5 Å². The van der Waals surface area contributed by atoms with Crippen LogP contribution in [0.5, 0.6) is 0 Å². The number of pyridine rings is 1. The van der Waals surface area contributed by atoms with E-state index >= 15 is 0 Å². The van der Waals surface area contributed by atoms with Gasteiger partial charge in [0.15, 0.2) is 11.5 Å². The lowest BCUT2D eigenvalue weighted by Gasteiger charge is -2.14. The van der Waals surface area contributed by atoms with Gasteiger partial charge in [0.1, 0.15) is 11.5 Å². The Balaban J connectivity index is 1.62. The van der Waals surface area contributed by atoms with Gasteiger partial charge in [-0.3, -0.25) is 14.2 Å². The number of nitrogen functional groups attached to an aromatic ring is 1. The Hall–Kier alpha value is -4.51. The van der Waals surface area contributed by atoms with Gasteiger partial charge in [-0.05, 0) is 61.4 Å². The summed E-state index contributed by atoms with van der Waals surface area (Å²) in [5.74, 6) is -0.814. The second-order valence-corrected chi connectivity index (χ2v) is 8.62. The lowest BCUT2D eigenvalue weighted by Crippen LogP contribution is -2.25. The van der Waals surface area contributed by atoms with Crippen LogP contribution < -0.4 is 11.1 Å². The van der Waals surface area contributed by atoms with E-state index in [4.69, 9.17) is 5.73 Å². The number of rotatable bonds is 8. The van der Waals surface area contributed by atoms with Gasteiger partial charge in [-0.25, -0.2) is 14.4 Å². The maximum absolute atomic E-state index is 13.7. The molecule has 0 radical (unpaired) electrons. The summed E-state index contributed by atoms with van der Waals surface area (Å²) in [5, 5.41) is 3.58. The highest BCUT2D eigenvalue weighted by Crippen LogP contribution is 2.35. The molecule has 38 heavy (non-hydrogen) atoms. The number of carbonyl (C=O) groups is 1. The number of alkyl halides is 2. The Morgan fingerprint density at radius 3 is 2.63 bits per heavy atom. The summed E-state index contributed by atoms with van der Waals surface area (Å²) in [6, 6.07) is 13.5. The second kappa shape index (κ2) is 10.5. The molecule has 3 aromatic heterocycles. The number of nitrogens with zero attached hydrogens (tertiary/aromatic N) is 4. The summed E-state index contributed by atoms with van der Waals surface area (Å²) in [6.07, 6.45) is 3.49. The molecule has 0 aliphatic carbocycles. The fourth-order valence-corrected chi connectivity index (χ4v) is 4.23. The van der Waals surface area contributed by atoms with E-state index in [1.165, 1.54) is 12.1 Å². The molecule has 1 amide bonds.